The molecule has 0 amide bonds. The summed E-state index contributed by atoms with van der Waals surface area (Å²) >= 11 is 0. The summed E-state index contributed by atoms with van der Waals surface area (Å²) in [5.41, 5.74) is -0.0159. The van der Waals surface area contributed by atoms with Crippen LogP contribution < -0.4 is 0 Å². The Morgan fingerprint density at radius 2 is 1.59 bits per heavy atom. The Kier molecular flexibility index (Phi) is 6.61. The average molecular weight is 319 g/mol. The molecule has 10 nitrogen and oxygen atoms in total. The van der Waals surface area contributed by atoms with Gasteiger partial charge < -0.3 is 35.4 Å². The molecule has 124 valence electrons. The van der Waals surface area contributed by atoms with Crippen molar-refractivity contribution in [2.75, 3.05) is 6.61 Å². The number of non-ortho nitro benzene ring substituents is 1. The van der Waals surface area contributed by atoms with Crippen LogP contribution in [0.4, 0.5) is 5.69 Å². The van der Waals surface area contributed by atoms with Crippen LogP contribution in [0.25, 0.3) is 0 Å². The number of aliphatic hydroxyl groups is 5. The summed E-state index contributed by atoms with van der Waals surface area (Å²) in [6.45, 7) is -0.526. The van der Waals surface area contributed by atoms with Crippen LogP contribution in [0.15, 0.2) is 24.3 Å². The molecule has 1 fully saturated rings. The zero-order chi connectivity index (χ0) is 16.9. The molecule has 2 rings (SSSR count). The van der Waals surface area contributed by atoms with E-state index in [2.05, 4.69) is 4.74 Å². The zero-order valence-electron chi connectivity index (χ0n) is 11.3. The minimum absolute atomic E-state index is 0.0159. The van der Waals surface area contributed by atoms with E-state index in [4.69, 9.17) is 30.6 Å². The van der Waals surface area contributed by atoms with E-state index in [9.17, 15) is 10.1 Å². The number of benzene rings is 1. The predicted octanol–water partition coefficient (Wildman–Crippen LogP) is -1.92. The lowest BCUT2D eigenvalue weighted by atomic mass is 10.00. The van der Waals surface area contributed by atoms with Crippen LogP contribution in [0.3, 0.4) is 0 Å². The second-order valence-corrected chi connectivity index (χ2v) is 4.49. The third-order valence-electron chi connectivity index (χ3n) is 2.93. The molecule has 0 aromatic heterocycles. The molecule has 0 radical (unpaired) electrons. The van der Waals surface area contributed by atoms with Crippen LogP contribution in [-0.2, 0) is 4.74 Å². The highest BCUT2D eigenvalue weighted by Gasteiger charge is 2.42. The number of phenols is 1. The molecule has 5 atom stereocenters. The maximum atomic E-state index is 10.0. The average Bonchev–Trinajstić information content (AvgIpc) is 2.50. The van der Waals surface area contributed by atoms with E-state index in [1.54, 1.807) is 0 Å². The highest BCUT2D eigenvalue weighted by molar-refractivity contribution is 5.34. The fourth-order valence-electron chi connectivity index (χ4n) is 1.66. The second kappa shape index (κ2) is 7.98. The van der Waals surface area contributed by atoms with E-state index in [0.29, 0.717) is 0 Å². The number of nitro groups is 1. The molecule has 0 spiro atoms. The summed E-state index contributed by atoms with van der Waals surface area (Å²) in [6.07, 6.45) is -7.04. The van der Waals surface area contributed by atoms with Gasteiger partial charge in [0, 0.05) is 12.1 Å². The topological polar surface area (TPSA) is 174 Å². The Morgan fingerprint density at radius 3 is 2.05 bits per heavy atom. The number of aliphatic hydroxyl groups excluding tert-OH is 5. The van der Waals surface area contributed by atoms with Crippen molar-refractivity contribution in [1.29, 1.82) is 0 Å². The number of phenolic OH excluding ortho intramolecular Hbond substituents is 1. The van der Waals surface area contributed by atoms with Gasteiger partial charge in [-0.2, -0.15) is 0 Å². The minimum atomic E-state index is -1.57. The Bertz CT molecular complexity index is 475. The fourth-order valence-corrected chi connectivity index (χ4v) is 1.66. The number of hydrogen-bond donors (Lipinski definition) is 6. The van der Waals surface area contributed by atoms with Gasteiger partial charge in [0.1, 0.15) is 30.2 Å². The molecule has 1 heterocycles. The Balaban J connectivity index is 0.000000224. The van der Waals surface area contributed by atoms with Gasteiger partial charge in [-0.15, -0.1) is 0 Å². The lowest BCUT2D eigenvalue weighted by molar-refractivity contribution is -0.384. The first-order chi connectivity index (χ1) is 10.3. The molecule has 1 aromatic carbocycles. The highest BCUT2D eigenvalue weighted by Crippen LogP contribution is 2.19. The molecule has 0 unspecified atom stereocenters. The molecule has 10 heteroatoms. The van der Waals surface area contributed by atoms with Crippen LogP contribution in [0.2, 0.25) is 0 Å². The molecule has 22 heavy (non-hydrogen) atoms. The van der Waals surface area contributed by atoms with E-state index < -0.39 is 42.2 Å². The lowest BCUT2D eigenvalue weighted by Crippen LogP contribution is -2.58. The van der Waals surface area contributed by atoms with E-state index >= 15 is 0 Å². The van der Waals surface area contributed by atoms with Gasteiger partial charge >= 0.3 is 0 Å². The second-order valence-electron chi connectivity index (χ2n) is 4.49. The fraction of sp³-hybridized carbons (Fsp3) is 0.500. The lowest BCUT2D eigenvalue weighted by Gasteiger charge is -2.37. The van der Waals surface area contributed by atoms with Crippen molar-refractivity contribution < 1.29 is 40.3 Å². The van der Waals surface area contributed by atoms with Crippen LogP contribution in [0.5, 0.6) is 5.75 Å². The van der Waals surface area contributed by atoms with Gasteiger partial charge in [-0.3, -0.25) is 10.1 Å². The Morgan fingerprint density at radius 1 is 1.05 bits per heavy atom. The van der Waals surface area contributed by atoms with Gasteiger partial charge in [0.2, 0.25) is 0 Å². The van der Waals surface area contributed by atoms with E-state index in [0.717, 1.165) is 0 Å². The summed E-state index contributed by atoms with van der Waals surface area (Å²) in [5.74, 6) is 0.0330. The number of aromatic hydroxyl groups is 1. The molecule has 1 saturated heterocycles. The van der Waals surface area contributed by atoms with Gasteiger partial charge in [0.15, 0.2) is 6.29 Å². The first-order valence-electron chi connectivity index (χ1n) is 6.20. The number of nitrogens with zero attached hydrogens (tertiary/aromatic N) is 1. The first-order valence-corrected chi connectivity index (χ1v) is 6.20. The van der Waals surface area contributed by atoms with E-state index in [-0.39, 0.29) is 11.4 Å². The third kappa shape index (κ3) is 4.59. The van der Waals surface area contributed by atoms with Crippen LogP contribution in [-0.4, -0.2) is 72.9 Å². The summed E-state index contributed by atoms with van der Waals surface area (Å²) in [6, 6.07) is 5.04. The normalized spacial score (nSPS) is 31.0. The molecule has 1 aliphatic rings. The number of hydrogen-bond acceptors (Lipinski definition) is 9. The number of ether oxygens (including phenoxy) is 1. The summed E-state index contributed by atoms with van der Waals surface area (Å²) in [5, 5.41) is 63.4. The zero-order valence-corrected chi connectivity index (χ0v) is 11.3. The van der Waals surface area contributed by atoms with Crippen molar-refractivity contribution in [3.63, 3.8) is 0 Å². The SMILES string of the molecule is O=[N+]([O-])c1ccc(O)cc1.OC[C@H]1O[C@H](O)[C@H](O)[C@@H](O)[C@@H]1O. The van der Waals surface area contributed by atoms with Gasteiger partial charge in [-0.1, -0.05) is 0 Å². The van der Waals surface area contributed by atoms with Crippen LogP contribution >= 0.6 is 0 Å². The van der Waals surface area contributed by atoms with Gasteiger partial charge in [-0.05, 0) is 12.1 Å². The molecule has 1 aromatic rings. The maximum Gasteiger partial charge on any atom is 0.269 e. The molecule has 0 saturated carbocycles. The largest absolute Gasteiger partial charge is 0.508 e. The van der Waals surface area contributed by atoms with Crippen molar-refractivity contribution in [2.24, 2.45) is 0 Å². The minimum Gasteiger partial charge on any atom is -0.508 e. The number of nitro benzene ring substituents is 1. The molecule has 0 aliphatic carbocycles. The van der Waals surface area contributed by atoms with Crippen LogP contribution in [0, 0.1) is 10.1 Å². The first kappa shape index (κ1) is 18.2. The van der Waals surface area contributed by atoms with Gasteiger partial charge in [0.25, 0.3) is 5.69 Å². The summed E-state index contributed by atoms with van der Waals surface area (Å²) in [4.78, 5) is 9.52. The van der Waals surface area contributed by atoms with Crippen molar-refractivity contribution in [1.82, 2.24) is 0 Å². The monoisotopic (exact) mass is 319 g/mol. The Hall–Kier alpha value is -1.82. The van der Waals surface area contributed by atoms with Crippen molar-refractivity contribution in [3.05, 3.63) is 34.4 Å². The van der Waals surface area contributed by atoms with Gasteiger partial charge in [0.05, 0.1) is 11.5 Å². The maximum absolute atomic E-state index is 10.0. The van der Waals surface area contributed by atoms with Crippen molar-refractivity contribution >= 4 is 5.69 Å². The van der Waals surface area contributed by atoms with E-state index in [1.165, 1.54) is 24.3 Å². The van der Waals surface area contributed by atoms with Crippen molar-refractivity contribution in [3.8, 4) is 5.75 Å². The molecule has 0 bridgehead atoms. The Labute approximate surface area is 124 Å². The quantitative estimate of drug-likeness (QED) is 0.268. The van der Waals surface area contributed by atoms with Crippen LogP contribution in [0.1, 0.15) is 0 Å². The van der Waals surface area contributed by atoms with Crippen molar-refractivity contribution in [2.45, 2.75) is 30.7 Å². The molecular weight excluding hydrogens is 302 g/mol. The summed E-state index contributed by atoms with van der Waals surface area (Å²) < 4.78 is 4.58. The predicted molar refractivity (Wildman–Crippen MR) is 70.7 cm³/mol. The summed E-state index contributed by atoms with van der Waals surface area (Å²) in [7, 11) is 0. The third-order valence-corrected chi connectivity index (χ3v) is 2.93. The smallest absolute Gasteiger partial charge is 0.269 e. The molecule has 1 aliphatic heterocycles. The highest BCUT2D eigenvalue weighted by atomic mass is 16.6. The molecule has 6 N–H and O–H groups in total. The van der Waals surface area contributed by atoms with Gasteiger partial charge in [-0.25, -0.2) is 0 Å². The standard InChI is InChI=1S/C6H5NO3.C6H12O6/c8-6-3-1-5(2-4-6)7(9)10;7-1-2-3(8)4(9)5(10)6(11)12-2/h1-4,8H;2-11H,1H2/t;2-,3-,4+,5-,6+/m.1/s1. The van der Waals surface area contributed by atoms with E-state index in [1.807, 2.05) is 0 Å². The molecular formula is C12H17NO9. The number of rotatable bonds is 2.